The van der Waals surface area contributed by atoms with E-state index in [1.165, 1.54) is 12.1 Å². The van der Waals surface area contributed by atoms with Crippen molar-refractivity contribution in [3.8, 4) is 0 Å². The van der Waals surface area contributed by atoms with Crippen LogP contribution in [0.25, 0.3) is 0 Å². The minimum atomic E-state index is -4.51. The van der Waals surface area contributed by atoms with Gasteiger partial charge in [0.05, 0.1) is 17.8 Å². The smallest absolute Gasteiger partial charge is 0.324 e. The van der Waals surface area contributed by atoms with E-state index < -0.39 is 17.6 Å². The number of alkyl halides is 3. The molecule has 0 aromatic heterocycles. The lowest BCUT2D eigenvalue weighted by atomic mass is 10.1. The highest BCUT2D eigenvalue weighted by Crippen LogP contribution is 2.36. The number of benzene rings is 1. The van der Waals surface area contributed by atoms with Crippen LogP contribution in [0.3, 0.4) is 0 Å². The first-order valence-corrected chi connectivity index (χ1v) is 5.81. The molecule has 0 aliphatic carbocycles. The maximum absolute atomic E-state index is 12.8. The van der Waals surface area contributed by atoms with Gasteiger partial charge < -0.3 is 10.2 Å². The van der Waals surface area contributed by atoms with Crippen LogP contribution in [-0.4, -0.2) is 31.4 Å². The van der Waals surface area contributed by atoms with Crippen molar-refractivity contribution in [1.29, 1.82) is 0 Å². The van der Waals surface area contributed by atoms with Gasteiger partial charge in [0.1, 0.15) is 0 Å². The lowest BCUT2D eigenvalue weighted by Gasteiger charge is -2.15. The summed E-state index contributed by atoms with van der Waals surface area (Å²) in [6, 6.07) is 3.60. The molecule has 1 rings (SSSR count). The summed E-state index contributed by atoms with van der Waals surface area (Å²) in [7, 11) is 3.32. The van der Waals surface area contributed by atoms with Crippen LogP contribution < -0.4 is 5.32 Å². The van der Waals surface area contributed by atoms with Crippen LogP contribution in [0.4, 0.5) is 18.9 Å². The maximum Gasteiger partial charge on any atom is 0.418 e. The van der Waals surface area contributed by atoms with E-state index in [0.29, 0.717) is 4.47 Å². The molecule has 7 heteroatoms. The number of likely N-dealkylation sites (N-methyl/N-ethyl adjacent to an activating group) is 1. The second-order valence-electron chi connectivity index (χ2n) is 3.97. The molecule has 1 aromatic carbocycles. The number of nitrogens with zero attached hydrogens (tertiary/aromatic N) is 1. The predicted octanol–water partition coefficient (Wildman–Crippen LogP) is 2.97. The summed E-state index contributed by atoms with van der Waals surface area (Å²) in [4.78, 5) is 13.0. The van der Waals surface area contributed by atoms with E-state index in [0.717, 1.165) is 6.07 Å². The number of amides is 1. The van der Waals surface area contributed by atoms with Crippen molar-refractivity contribution in [3.63, 3.8) is 0 Å². The van der Waals surface area contributed by atoms with E-state index in [-0.39, 0.29) is 12.2 Å². The molecule has 0 aliphatic heterocycles. The normalized spacial score (nSPS) is 11.7. The highest BCUT2D eigenvalue weighted by molar-refractivity contribution is 9.10. The molecule has 0 bridgehead atoms. The van der Waals surface area contributed by atoms with Crippen LogP contribution in [0.15, 0.2) is 22.7 Å². The lowest BCUT2D eigenvalue weighted by molar-refractivity contribution is -0.137. The second kappa shape index (κ2) is 5.71. The molecule has 0 heterocycles. The second-order valence-corrected chi connectivity index (χ2v) is 4.89. The largest absolute Gasteiger partial charge is 0.418 e. The van der Waals surface area contributed by atoms with E-state index in [2.05, 4.69) is 21.2 Å². The fraction of sp³-hybridized carbons (Fsp3) is 0.364. The topological polar surface area (TPSA) is 32.3 Å². The molecule has 0 fully saturated rings. The maximum atomic E-state index is 12.8. The van der Waals surface area contributed by atoms with Crippen molar-refractivity contribution in [2.24, 2.45) is 0 Å². The third-order valence-electron chi connectivity index (χ3n) is 2.02. The Kier molecular flexibility index (Phi) is 4.75. The minimum Gasteiger partial charge on any atom is -0.324 e. The van der Waals surface area contributed by atoms with Gasteiger partial charge in [-0.25, -0.2) is 0 Å². The molecular formula is C11H12BrF3N2O. The number of hydrogen-bond donors (Lipinski definition) is 1. The summed E-state index contributed by atoms with van der Waals surface area (Å²) < 4.78 is 38.6. The molecule has 0 saturated carbocycles. The van der Waals surface area contributed by atoms with E-state index in [4.69, 9.17) is 0 Å². The molecule has 0 aliphatic rings. The Balaban J connectivity index is 2.99. The summed E-state index contributed by atoms with van der Waals surface area (Å²) >= 11 is 2.97. The zero-order chi connectivity index (χ0) is 13.9. The summed E-state index contributed by atoms with van der Waals surface area (Å²) in [6.07, 6.45) is -4.51. The molecule has 0 atom stereocenters. The van der Waals surface area contributed by atoms with Gasteiger partial charge in [0.2, 0.25) is 5.91 Å². The summed E-state index contributed by atoms with van der Waals surface area (Å²) in [5.74, 6) is -0.493. The third-order valence-corrected chi connectivity index (χ3v) is 2.51. The van der Waals surface area contributed by atoms with Crippen LogP contribution >= 0.6 is 15.9 Å². The van der Waals surface area contributed by atoms with E-state index in [9.17, 15) is 18.0 Å². The average Bonchev–Trinajstić information content (AvgIpc) is 2.17. The molecule has 1 aromatic rings. The molecule has 18 heavy (non-hydrogen) atoms. The van der Waals surface area contributed by atoms with Gasteiger partial charge in [-0.2, -0.15) is 13.2 Å². The zero-order valence-corrected chi connectivity index (χ0v) is 11.4. The van der Waals surface area contributed by atoms with Crippen molar-refractivity contribution in [2.75, 3.05) is 26.0 Å². The fourth-order valence-electron chi connectivity index (χ4n) is 1.34. The Morgan fingerprint density at radius 3 is 2.50 bits per heavy atom. The zero-order valence-electron chi connectivity index (χ0n) is 9.81. The van der Waals surface area contributed by atoms with Gasteiger partial charge in [0.15, 0.2) is 0 Å². The Hall–Kier alpha value is -1.08. The molecular weight excluding hydrogens is 313 g/mol. The monoisotopic (exact) mass is 324 g/mol. The van der Waals surface area contributed by atoms with Crippen LogP contribution in [-0.2, 0) is 11.0 Å². The van der Waals surface area contributed by atoms with E-state index in [1.54, 1.807) is 19.0 Å². The summed E-state index contributed by atoms with van der Waals surface area (Å²) in [6.45, 7) is 0.0212. The Morgan fingerprint density at radius 1 is 1.39 bits per heavy atom. The summed E-state index contributed by atoms with van der Waals surface area (Å²) in [5, 5.41) is 2.25. The van der Waals surface area contributed by atoms with Crippen LogP contribution in [0, 0.1) is 0 Å². The van der Waals surface area contributed by atoms with Crippen molar-refractivity contribution in [1.82, 2.24) is 4.90 Å². The molecule has 0 unspecified atom stereocenters. The van der Waals surface area contributed by atoms with E-state index in [1.807, 2.05) is 0 Å². The van der Waals surface area contributed by atoms with Crippen LogP contribution in [0.1, 0.15) is 5.56 Å². The number of anilines is 1. The first kappa shape index (κ1) is 15.0. The first-order chi connectivity index (χ1) is 8.20. The van der Waals surface area contributed by atoms with Crippen molar-refractivity contribution in [3.05, 3.63) is 28.2 Å². The van der Waals surface area contributed by atoms with Gasteiger partial charge in [0, 0.05) is 4.47 Å². The highest BCUT2D eigenvalue weighted by atomic mass is 79.9. The van der Waals surface area contributed by atoms with Gasteiger partial charge in [0.25, 0.3) is 0 Å². The molecule has 1 N–H and O–H groups in total. The standard InChI is InChI=1S/C11H12BrF3N2O/c1-17(2)6-10(18)16-9-4-3-7(12)5-8(9)11(13,14)15/h3-5H,6H2,1-2H3,(H,16,18). The lowest BCUT2D eigenvalue weighted by Crippen LogP contribution is -2.28. The predicted molar refractivity (Wildman–Crippen MR) is 66.3 cm³/mol. The van der Waals surface area contributed by atoms with E-state index >= 15 is 0 Å². The molecule has 3 nitrogen and oxygen atoms in total. The van der Waals surface area contributed by atoms with Gasteiger partial charge in [-0.3, -0.25) is 4.79 Å². The minimum absolute atomic E-state index is 0.0212. The van der Waals surface area contributed by atoms with Crippen LogP contribution in [0.2, 0.25) is 0 Å². The highest BCUT2D eigenvalue weighted by Gasteiger charge is 2.34. The van der Waals surface area contributed by atoms with Crippen LogP contribution in [0.5, 0.6) is 0 Å². The molecule has 0 saturated heterocycles. The van der Waals surface area contributed by atoms with Gasteiger partial charge in [-0.05, 0) is 32.3 Å². The van der Waals surface area contributed by atoms with Gasteiger partial charge in [-0.15, -0.1) is 0 Å². The quantitative estimate of drug-likeness (QED) is 0.927. The van der Waals surface area contributed by atoms with Gasteiger partial charge in [-0.1, -0.05) is 15.9 Å². The Morgan fingerprint density at radius 2 is 2.00 bits per heavy atom. The Labute approximate surface area is 111 Å². The number of hydrogen-bond acceptors (Lipinski definition) is 2. The molecule has 1 amide bonds. The molecule has 0 spiro atoms. The number of rotatable bonds is 3. The van der Waals surface area contributed by atoms with Crippen molar-refractivity contribution >= 4 is 27.5 Å². The third kappa shape index (κ3) is 4.30. The number of halogens is 4. The van der Waals surface area contributed by atoms with Crippen molar-refractivity contribution in [2.45, 2.75) is 6.18 Å². The first-order valence-electron chi connectivity index (χ1n) is 5.01. The molecule has 0 radical (unpaired) electrons. The fourth-order valence-corrected chi connectivity index (χ4v) is 1.70. The SMILES string of the molecule is CN(C)CC(=O)Nc1ccc(Br)cc1C(F)(F)F. The van der Waals surface area contributed by atoms with Crippen molar-refractivity contribution < 1.29 is 18.0 Å². The summed E-state index contributed by atoms with van der Waals surface area (Å²) in [5.41, 5.74) is -1.11. The number of nitrogens with one attached hydrogen (secondary N) is 1. The number of carbonyl (C=O) groups excluding carboxylic acids is 1. The molecule has 100 valence electrons. The van der Waals surface area contributed by atoms with Gasteiger partial charge >= 0.3 is 6.18 Å². The Bertz CT molecular complexity index is 446. The number of carbonyl (C=O) groups is 1. The average molecular weight is 325 g/mol.